The lowest BCUT2D eigenvalue weighted by molar-refractivity contribution is 0.167. The van der Waals surface area contributed by atoms with Gasteiger partial charge >= 0.3 is 0 Å². The molecule has 0 spiro atoms. The zero-order valence-electron chi connectivity index (χ0n) is 15.3. The number of hydrogen-bond acceptors (Lipinski definition) is 3. The summed E-state index contributed by atoms with van der Waals surface area (Å²) in [7, 11) is 1.82. The van der Waals surface area contributed by atoms with Crippen molar-refractivity contribution >= 4 is 40.9 Å². The molecule has 138 valence electrons. The molecule has 0 saturated carbocycles. The maximum atomic E-state index is 5.84. The third kappa shape index (κ3) is 5.34. The normalized spacial score (nSPS) is 16.9. The molecule has 3 rings (SSSR count). The highest BCUT2D eigenvalue weighted by Gasteiger charge is 2.21. The van der Waals surface area contributed by atoms with Gasteiger partial charge in [0.05, 0.1) is 6.54 Å². The number of fused-ring (bicyclic) bond motifs is 1. The van der Waals surface area contributed by atoms with Gasteiger partial charge in [-0.05, 0) is 38.8 Å². The van der Waals surface area contributed by atoms with Crippen molar-refractivity contribution < 1.29 is 4.42 Å². The smallest absolute Gasteiger partial charge is 0.191 e. The van der Waals surface area contributed by atoms with Crippen LogP contribution < -0.4 is 10.6 Å². The van der Waals surface area contributed by atoms with Crippen molar-refractivity contribution in [3.05, 3.63) is 36.1 Å². The molecule has 25 heavy (non-hydrogen) atoms. The molecule has 0 amide bonds. The van der Waals surface area contributed by atoms with Gasteiger partial charge in [-0.15, -0.1) is 24.0 Å². The molecule has 1 saturated heterocycles. The number of guanidine groups is 1. The van der Waals surface area contributed by atoms with Crippen molar-refractivity contribution in [3.63, 3.8) is 0 Å². The zero-order valence-corrected chi connectivity index (χ0v) is 17.6. The summed E-state index contributed by atoms with van der Waals surface area (Å²) in [6.07, 6.45) is 2.31. The van der Waals surface area contributed by atoms with Crippen LogP contribution in [0, 0.1) is 0 Å². The number of rotatable bonds is 4. The fourth-order valence-electron chi connectivity index (χ4n) is 3.24. The number of aliphatic imine (C=N–C) groups is 1. The average molecular weight is 456 g/mol. The summed E-state index contributed by atoms with van der Waals surface area (Å²) in [6, 6.07) is 11.3. The van der Waals surface area contributed by atoms with Crippen molar-refractivity contribution in [2.75, 3.05) is 20.1 Å². The third-order valence-corrected chi connectivity index (χ3v) is 4.73. The second-order valence-electron chi connectivity index (χ2n) is 6.72. The number of piperidine rings is 1. The van der Waals surface area contributed by atoms with E-state index in [9.17, 15) is 0 Å². The highest BCUT2D eigenvalue weighted by atomic mass is 127. The molecule has 0 unspecified atom stereocenters. The number of benzene rings is 1. The fraction of sp³-hybridized carbons (Fsp3) is 0.526. The van der Waals surface area contributed by atoms with E-state index in [0.717, 1.165) is 48.6 Å². The maximum Gasteiger partial charge on any atom is 0.191 e. The molecule has 0 radical (unpaired) electrons. The first-order valence-electron chi connectivity index (χ1n) is 8.84. The van der Waals surface area contributed by atoms with E-state index in [2.05, 4.69) is 46.5 Å². The summed E-state index contributed by atoms with van der Waals surface area (Å²) in [6.45, 7) is 7.47. The molecule has 0 bridgehead atoms. The van der Waals surface area contributed by atoms with Gasteiger partial charge in [-0.3, -0.25) is 4.99 Å². The van der Waals surface area contributed by atoms with Crippen LogP contribution in [0.1, 0.15) is 32.4 Å². The molecule has 1 aromatic carbocycles. The molecule has 5 nitrogen and oxygen atoms in total. The van der Waals surface area contributed by atoms with Gasteiger partial charge in [0.15, 0.2) is 5.96 Å². The van der Waals surface area contributed by atoms with Crippen LogP contribution in [-0.4, -0.2) is 43.1 Å². The van der Waals surface area contributed by atoms with E-state index >= 15 is 0 Å². The molecule has 2 heterocycles. The zero-order chi connectivity index (χ0) is 16.9. The fourth-order valence-corrected chi connectivity index (χ4v) is 3.24. The summed E-state index contributed by atoms with van der Waals surface area (Å²) in [5, 5.41) is 8.04. The molecular weight excluding hydrogens is 427 g/mol. The number of para-hydroxylation sites is 1. The molecule has 1 fully saturated rings. The maximum absolute atomic E-state index is 5.84. The SMILES string of the molecule is CN=C(NCc1cc2ccccc2o1)NC1CCN(C(C)C)CC1.I. The van der Waals surface area contributed by atoms with Crippen LogP contribution in [0.25, 0.3) is 11.0 Å². The van der Waals surface area contributed by atoms with Crippen LogP contribution in [0.5, 0.6) is 0 Å². The Balaban J connectivity index is 0.00000225. The summed E-state index contributed by atoms with van der Waals surface area (Å²) >= 11 is 0. The molecule has 2 N–H and O–H groups in total. The summed E-state index contributed by atoms with van der Waals surface area (Å²) < 4.78 is 5.84. The van der Waals surface area contributed by atoms with Crippen molar-refractivity contribution in [1.29, 1.82) is 0 Å². The van der Waals surface area contributed by atoms with Crippen molar-refractivity contribution in [3.8, 4) is 0 Å². The minimum atomic E-state index is 0. The minimum Gasteiger partial charge on any atom is -0.459 e. The van der Waals surface area contributed by atoms with Crippen molar-refractivity contribution in [2.45, 2.75) is 45.3 Å². The summed E-state index contributed by atoms with van der Waals surface area (Å²) in [4.78, 5) is 6.87. The predicted octanol–water partition coefficient (Wildman–Crippen LogP) is 3.59. The number of likely N-dealkylation sites (tertiary alicyclic amines) is 1. The van der Waals surface area contributed by atoms with Gasteiger partial charge in [0.25, 0.3) is 0 Å². The molecule has 6 heteroatoms. The van der Waals surface area contributed by atoms with E-state index in [0.29, 0.717) is 18.6 Å². The highest BCUT2D eigenvalue weighted by Crippen LogP contribution is 2.18. The molecule has 0 aliphatic carbocycles. The Hall–Kier alpha value is -1.28. The monoisotopic (exact) mass is 456 g/mol. The molecule has 1 aliphatic heterocycles. The lowest BCUT2D eigenvalue weighted by atomic mass is 10.0. The van der Waals surface area contributed by atoms with Gasteiger partial charge in [-0.1, -0.05) is 18.2 Å². The van der Waals surface area contributed by atoms with Crippen molar-refractivity contribution in [1.82, 2.24) is 15.5 Å². The number of halogens is 1. The number of hydrogen-bond donors (Lipinski definition) is 2. The Labute approximate surface area is 167 Å². The second kappa shape index (κ2) is 9.43. The Morgan fingerprint density at radius 2 is 2.00 bits per heavy atom. The number of furan rings is 1. The van der Waals surface area contributed by atoms with E-state index in [4.69, 9.17) is 4.42 Å². The second-order valence-corrected chi connectivity index (χ2v) is 6.72. The Bertz CT molecular complexity index is 657. The lowest BCUT2D eigenvalue weighted by Crippen LogP contribution is -2.49. The van der Waals surface area contributed by atoms with Crippen LogP contribution in [0.4, 0.5) is 0 Å². The van der Waals surface area contributed by atoms with E-state index in [1.165, 1.54) is 0 Å². The number of nitrogens with one attached hydrogen (secondary N) is 2. The Kier molecular flexibility index (Phi) is 7.56. The van der Waals surface area contributed by atoms with Crippen molar-refractivity contribution in [2.24, 2.45) is 4.99 Å². The van der Waals surface area contributed by atoms with E-state index < -0.39 is 0 Å². The molecule has 2 aromatic rings. The largest absolute Gasteiger partial charge is 0.459 e. The van der Waals surface area contributed by atoms with E-state index in [1.807, 2.05) is 25.2 Å². The molecule has 1 aliphatic rings. The molecular formula is C19H29IN4O. The summed E-state index contributed by atoms with van der Waals surface area (Å²) in [5.41, 5.74) is 0.929. The topological polar surface area (TPSA) is 52.8 Å². The van der Waals surface area contributed by atoms with Crippen LogP contribution in [0.15, 0.2) is 39.7 Å². The average Bonchev–Trinajstić information content (AvgIpc) is 3.02. The van der Waals surface area contributed by atoms with Gasteiger partial charge in [0, 0.05) is 37.6 Å². The summed E-state index contributed by atoms with van der Waals surface area (Å²) in [5.74, 6) is 1.77. The van der Waals surface area contributed by atoms with Gasteiger partial charge in [0.1, 0.15) is 11.3 Å². The third-order valence-electron chi connectivity index (χ3n) is 4.73. The van der Waals surface area contributed by atoms with Gasteiger partial charge < -0.3 is 20.0 Å². The molecule has 0 atom stereocenters. The first-order chi connectivity index (χ1) is 11.7. The van der Waals surface area contributed by atoms with E-state index in [1.54, 1.807) is 0 Å². The lowest BCUT2D eigenvalue weighted by Gasteiger charge is -2.35. The van der Waals surface area contributed by atoms with Crippen LogP contribution >= 0.6 is 24.0 Å². The van der Waals surface area contributed by atoms with E-state index in [-0.39, 0.29) is 24.0 Å². The minimum absolute atomic E-state index is 0. The van der Waals surface area contributed by atoms with Crippen LogP contribution in [-0.2, 0) is 6.54 Å². The Morgan fingerprint density at radius 1 is 1.28 bits per heavy atom. The predicted molar refractivity (Wildman–Crippen MR) is 115 cm³/mol. The highest BCUT2D eigenvalue weighted by molar-refractivity contribution is 14.0. The van der Waals surface area contributed by atoms with Crippen LogP contribution in [0.2, 0.25) is 0 Å². The Morgan fingerprint density at radius 3 is 2.64 bits per heavy atom. The standard InChI is InChI=1S/C19H28N4O.HI/c1-14(2)23-10-8-16(9-11-23)22-19(20-3)21-13-17-12-15-6-4-5-7-18(15)24-17;/h4-7,12,14,16H,8-11,13H2,1-3H3,(H2,20,21,22);1H. The van der Waals surface area contributed by atoms with Gasteiger partial charge in [-0.2, -0.15) is 0 Å². The first kappa shape index (κ1) is 20.0. The van der Waals surface area contributed by atoms with Gasteiger partial charge in [0.2, 0.25) is 0 Å². The quantitative estimate of drug-likeness (QED) is 0.420. The number of nitrogens with zero attached hydrogens (tertiary/aromatic N) is 2. The molecule has 1 aromatic heterocycles. The van der Waals surface area contributed by atoms with Gasteiger partial charge in [-0.25, -0.2) is 0 Å². The van der Waals surface area contributed by atoms with Crippen LogP contribution in [0.3, 0.4) is 0 Å². The first-order valence-corrected chi connectivity index (χ1v) is 8.84.